The van der Waals surface area contributed by atoms with E-state index in [4.69, 9.17) is 5.26 Å². The smallest absolute Gasteiger partial charge is 0.266 e. The standard InChI is InChI=1S/C19H16BrF2N5O/c1-10(11-4-3-5-13(16(21)22)12(11)6-7-23)26-17-14-8-15(20)19(28)27(2)18(14)25-9-24-17/h3-5,8-10,16H,6H2,1-2H3,(H,24,25,26)/t10-/m1/s1. The summed E-state index contributed by atoms with van der Waals surface area (Å²) in [5.41, 5.74) is 0.968. The highest BCUT2D eigenvalue weighted by atomic mass is 79.9. The van der Waals surface area contributed by atoms with Crippen molar-refractivity contribution in [1.29, 1.82) is 5.26 Å². The third-order valence-corrected chi connectivity index (χ3v) is 5.09. The van der Waals surface area contributed by atoms with Crippen molar-refractivity contribution in [3.63, 3.8) is 0 Å². The van der Waals surface area contributed by atoms with E-state index in [1.54, 1.807) is 32.2 Å². The fraction of sp³-hybridized carbons (Fsp3) is 0.263. The van der Waals surface area contributed by atoms with Gasteiger partial charge in [-0.2, -0.15) is 5.26 Å². The van der Waals surface area contributed by atoms with Gasteiger partial charge in [-0.15, -0.1) is 0 Å². The minimum absolute atomic E-state index is 0.119. The van der Waals surface area contributed by atoms with Crippen molar-refractivity contribution in [2.24, 2.45) is 7.05 Å². The van der Waals surface area contributed by atoms with Gasteiger partial charge in [0.15, 0.2) is 0 Å². The number of nitrogens with one attached hydrogen (secondary N) is 1. The molecule has 2 aromatic heterocycles. The van der Waals surface area contributed by atoms with Gasteiger partial charge in [-0.25, -0.2) is 18.7 Å². The van der Waals surface area contributed by atoms with E-state index < -0.39 is 12.5 Å². The number of hydrogen-bond acceptors (Lipinski definition) is 5. The topological polar surface area (TPSA) is 83.6 Å². The summed E-state index contributed by atoms with van der Waals surface area (Å²) in [4.78, 5) is 20.5. The maximum absolute atomic E-state index is 13.4. The Bertz CT molecular complexity index is 1140. The molecule has 0 bridgehead atoms. The SMILES string of the molecule is C[C@@H](Nc1ncnc2c1cc(Br)c(=O)n2C)c1cccc(C(F)F)c1CC#N. The zero-order valence-electron chi connectivity index (χ0n) is 15.1. The first-order chi connectivity index (χ1) is 13.3. The van der Waals surface area contributed by atoms with Crippen LogP contribution in [0.2, 0.25) is 0 Å². The molecule has 1 aromatic carbocycles. The molecule has 1 N–H and O–H groups in total. The second-order valence-electron chi connectivity index (χ2n) is 6.23. The maximum atomic E-state index is 13.4. The van der Waals surface area contributed by atoms with Crippen LogP contribution in [0.15, 0.2) is 39.9 Å². The number of halogens is 3. The molecule has 0 fully saturated rings. The zero-order chi connectivity index (χ0) is 20.4. The lowest BCUT2D eigenvalue weighted by molar-refractivity contribution is 0.150. The molecule has 3 rings (SSSR count). The molecule has 9 heteroatoms. The number of benzene rings is 1. The Balaban J connectivity index is 2.08. The van der Waals surface area contributed by atoms with Crippen molar-refractivity contribution in [3.05, 3.63) is 62.1 Å². The number of alkyl halides is 2. The molecule has 0 radical (unpaired) electrons. The van der Waals surface area contributed by atoms with Gasteiger partial charge in [-0.05, 0) is 40.0 Å². The molecule has 0 saturated carbocycles. The fourth-order valence-corrected chi connectivity index (χ4v) is 3.64. The van der Waals surface area contributed by atoms with E-state index in [1.807, 2.05) is 6.07 Å². The Morgan fingerprint density at radius 3 is 2.71 bits per heavy atom. The predicted octanol–water partition coefficient (Wildman–Crippen LogP) is 4.27. The third kappa shape index (κ3) is 3.60. The molecule has 28 heavy (non-hydrogen) atoms. The summed E-state index contributed by atoms with van der Waals surface area (Å²) in [5.74, 6) is 0.458. The monoisotopic (exact) mass is 447 g/mol. The first-order valence-corrected chi connectivity index (χ1v) is 9.18. The molecule has 0 saturated heterocycles. The Morgan fingerprint density at radius 1 is 1.32 bits per heavy atom. The zero-order valence-corrected chi connectivity index (χ0v) is 16.7. The largest absolute Gasteiger partial charge is 0.363 e. The summed E-state index contributed by atoms with van der Waals surface area (Å²) >= 11 is 3.23. The summed E-state index contributed by atoms with van der Waals surface area (Å²) in [6.07, 6.45) is -1.45. The summed E-state index contributed by atoms with van der Waals surface area (Å²) in [5, 5.41) is 12.9. The number of hydrogen-bond donors (Lipinski definition) is 1. The number of fused-ring (bicyclic) bond motifs is 1. The number of anilines is 1. The number of aryl methyl sites for hydroxylation is 1. The molecule has 144 valence electrons. The quantitative estimate of drug-likeness (QED) is 0.631. The Morgan fingerprint density at radius 2 is 2.04 bits per heavy atom. The number of nitriles is 1. The molecule has 6 nitrogen and oxygen atoms in total. The molecular weight excluding hydrogens is 432 g/mol. The maximum Gasteiger partial charge on any atom is 0.266 e. The second-order valence-corrected chi connectivity index (χ2v) is 7.09. The van der Waals surface area contributed by atoms with Gasteiger partial charge in [-0.1, -0.05) is 18.2 Å². The van der Waals surface area contributed by atoms with Crippen LogP contribution >= 0.6 is 15.9 Å². The van der Waals surface area contributed by atoms with Gasteiger partial charge in [0.2, 0.25) is 0 Å². The van der Waals surface area contributed by atoms with Gasteiger partial charge in [0.05, 0.1) is 28.4 Å². The van der Waals surface area contributed by atoms with Crippen LogP contribution in [-0.4, -0.2) is 14.5 Å². The number of pyridine rings is 1. The van der Waals surface area contributed by atoms with Gasteiger partial charge in [0.1, 0.15) is 17.8 Å². The van der Waals surface area contributed by atoms with E-state index in [0.29, 0.717) is 32.5 Å². The highest BCUT2D eigenvalue weighted by molar-refractivity contribution is 9.10. The lowest BCUT2D eigenvalue weighted by Crippen LogP contribution is -2.19. The molecule has 0 unspecified atom stereocenters. The fourth-order valence-electron chi connectivity index (χ4n) is 3.15. The summed E-state index contributed by atoms with van der Waals surface area (Å²) in [6.45, 7) is 1.80. The van der Waals surface area contributed by atoms with E-state index in [9.17, 15) is 13.6 Å². The Kier molecular flexibility index (Phi) is 5.70. The van der Waals surface area contributed by atoms with Crippen LogP contribution in [0.3, 0.4) is 0 Å². The first kappa shape index (κ1) is 19.9. The third-order valence-electron chi connectivity index (χ3n) is 4.52. The van der Waals surface area contributed by atoms with Gasteiger partial charge >= 0.3 is 0 Å². The van der Waals surface area contributed by atoms with Gasteiger partial charge in [-0.3, -0.25) is 9.36 Å². The van der Waals surface area contributed by atoms with E-state index in [1.165, 1.54) is 17.0 Å². The number of nitrogens with zero attached hydrogens (tertiary/aromatic N) is 4. The summed E-state index contributed by atoms with van der Waals surface area (Å²) in [6, 6.07) is 7.77. The van der Waals surface area contributed by atoms with Crippen LogP contribution in [0.1, 0.15) is 36.1 Å². The predicted molar refractivity (Wildman–Crippen MR) is 105 cm³/mol. The highest BCUT2D eigenvalue weighted by Crippen LogP contribution is 2.31. The van der Waals surface area contributed by atoms with Gasteiger partial charge in [0.25, 0.3) is 12.0 Å². The van der Waals surface area contributed by atoms with Crippen LogP contribution in [-0.2, 0) is 13.5 Å². The van der Waals surface area contributed by atoms with Crippen LogP contribution < -0.4 is 10.9 Å². The molecular formula is C19H16BrF2N5O. The molecule has 3 aromatic rings. The first-order valence-electron chi connectivity index (χ1n) is 8.38. The number of rotatable bonds is 5. The average Bonchev–Trinajstić information content (AvgIpc) is 2.67. The van der Waals surface area contributed by atoms with Gasteiger partial charge < -0.3 is 5.32 Å². The van der Waals surface area contributed by atoms with Crippen molar-refractivity contribution in [3.8, 4) is 6.07 Å². The minimum atomic E-state index is -2.67. The van der Waals surface area contributed by atoms with Crippen molar-refractivity contribution in [2.45, 2.75) is 25.8 Å². The van der Waals surface area contributed by atoms with Crippen molar-refractivity contribution < 1.29 is 8.78 Å². The average molecular weight is 448 g/mol. The molecule has 1 atom stereocenters. The highest BCUT2D eigenvalue weighted by Gasteiger charge is 2.20. The Hall–Kier alpha value is -2.86. The van der Waals surface area contributed by atoms with Crippen LogP contribution in [0.25, 0.3) is 11.0 Å². The second kappa shape index (κ2) is 8.02. The van der Waals surface area contributed by atoms with Crippen LogP contribution in [0.4, 0.5) is 14.6 Å². The minimum Gasteiger partial charge on any atom is -0.363 e. The van der Waals surface area contributed by atoms with E-state index in [0.717, 1.165) is 0 Å². The van der Waals surface area contributed by atoms with E-state index >= 15 is 0 Å². The Labute approximate surface area is 168 Å². The van der Waals surface area contributed by atoms with E-state index in [2.05, 4.69) is 31.2 Å². The molecule has 2 heterocycles. The normalized spacial score (nSPS) is 12.2. The molecule has 0 spiro atoms. The molecule has 0 amide bonds. The van der Waals surface area contributed by atoms with Crippen LogP contribution in [0.5, 0.6) is 0 Å². The van der Waals surface area contributed by atoms with Crippen molar-refractivity contribution in [1.82, 2.24) is 14.5 Å². The lowest BCUT2D eigenvalue weighted by Gasteiger charge is -2.21. The molecule has 0 aliphatic rings. The van der Waals surface area contributed by atoms with Crippen molar-refractivity contribution in [2.75, 3.05) is 5.32 Å². The van der Waals surface area contributed by atoms with Crippen LogP contribution in [0, 0.1) is 11.3 Å². The summed E-state index contributed by atoms with van der Waals surface area (Å²) < 4.78 is 28.5. The van der Waals surface area contributed by atoms with Crippen molar-refractivity contribution >= 4 is 32.8 Å². The van der Waals surface area contributed by atoms with Gasteiger partial charge in [0, 0.05) is 12.6 Å². The molecule has 0 aliphatic carbocycles. The molecule has 0 aliphatic heterocycles. The summed E-state index contributed by atoms with van der Waals surface area (Å²) in [7, 11) is 1.60. The number of aromatic nitrogens is 3. The lowest BCUT2D eigenvalue weighted by atomic mass is 9.94. The van der Waals surface area contributed by atoms with E-state index in [-0.39, 0.29) is 17.5 Å².